The monoisotopic (exact) mass is 272 g/mol. The second kappa shape index (κ2) is 4.96. The molecule has 0 radical (unpaired) electrons. The Kier molecular flexibility index (Phi) is 2.99. The lowest BCUT2D eigenvalue weighted by molar-refractivity contribution is 0.506. The third-order valence-electron chi connectivity index (χ3n) is 2.57. The van der Waals surface area contributed by atoms with Crippen LogP contribution in [0.3, 0.4) is 0 Å². The number of nitrogens with zero attached hydrogens (tertiary/aromatic N) is 7. The van der Waals surface area contributed by atoms with Gasteiger partial charge in [-0.3, -0.25) is 0 Å². The summed E-state index contributed by atoms with van der Waals surface area (Å²) in [7, 11) is 1.84. The highest BCUT2D eigenvalue weighted by Gasteiger charge is 2.12. The van der Waals surface area contributed by atoms with Crippen LogP contribution in [0.5, 0.6) is 0 Å². The van der Waals surface area contributed by atoms with Crippen molar-refractivity contribution in [1.29, 1.82) is 0 Å². The van der Waals surface area contributed by atoms with E-state index in [1.165, 1.54) is 17.3 Å². The predicted octanol–water partition coefficient (Wildman–Crippen LogP) is 0.264. The van der Waals surface area contributed by atoms with E-state index in [4.69, 9.17) is 10.2 Å². The number of nitrogen functional groups attached to an aromatic ring is 1. The summed E-state index contributed by atoms with van der Waals surface area (Å²) in [5.74, 6) is 1.66. The van der Waals surface area contributed by atoms with Crippen LogP contribution in [-0.4, -0.2) is 36.8 Å². The molecule has 0 atom stereocenters. The molecule has 0 aliphatic carbocycles. The smallest absolute Gasteiger partial charge is 0.258 e. The Morgan fingerprint density at radius 1 is 1.35 bits per heavy atom. The van der Waals surface area contributed by atoms with Crippen LogP contribution in [0.1, 0.15) is 5.76 Å². The van der Waals surface area contributed by atoms with E-state index < -0.39 is 0 Å². The molecule has 0 fully saturated rings. The molecule has 3 aromatic rings. The van der Waals surface area contributed by atoms with Gasteiger partial charge in [-0.2, -0.15) is 24.7 Å². The lowest BCUT2D eigenvalue weighted by Gasteiger charge is -2.16. The standard InChI is InChI=1S/C11H12N8O/c1-18(5-8-3-2-4-20-8)10-15-9(12)16-11(17-10)19-7-13-6-14-19/h2-4,6-7H,5H2,1H3,(H2,12,15,16,17). The molecule has 2 N–H and O–H groups in total. The molecule has 3 heterocycles. The van der Waals surface area contributed by atoms with E-state index in [-0.39, 0.29) is 5.95 Å². The number of anilines is 2. The van der Waals surface area contributed by atoms with Crippen LogP contribution < -0.4 is 10.6 Å². The van der Waals surface area contributed by atoms with E-state index in [0.29, 0.717) is 18.4 Å². The summed E-state index contributed by atoms with van der Waals surface area (Å²) >= 11 is 0. The first-order chi connectivity index (χ1) is 9.72. The molecule has 0 saturated heterocycles. The number of hydrogen-bond donors (Lipinski definition) is 1. The van der Waals surface area contributed by atoms with Crippen molar-refractivity contribution in [3.05, 3.63) is 36.8 Å². The zero-order valence-corrected chi connectivity index (χ0v) is 10.7. The van der Waals surface area contributed by atoms with Gasteiger partial charge in [-0.1, -0.05) is 0 Å². The zero-order chi connectivity index (χ0) is 13.9. The summed E-state index contributed by atoms with van der Waals surface area (Å²) in [5, 5.41) is 3.96. The predicted molar refractivity (Wildman–Crippen MR) is 70.0 cm³/mol. The van der Waals surface area contributed by atoms with Crippen molar-refractivity contribution >= 4 is 11.9 Å². The van der Waals surface area contributed by atoms with Gasteiger partial charge in [0, 0.05) is 7.05 Å². The van der Waals surface area contributed by atoms with Gasteiger partial charge in [0.05, 0.1) is 12.8 Å². The Morgan fingerprint density at radius 2 is 2.25 bits per heavy atom. The summed E-state index contributed by atoms with van der Waals surface area (Å²) in [5.41, 5.74) is 5.70. The van der Waals surface area contributed by atoms with Crippen LogP contribution >= 0.6 is 0 Å². The summed E-state index contributed by atoms with van der Waals surface area (Å²) in [6.45, 7) is 0.521. The lowest BCUT2D eigenvalue weighted by Crippen LogP contribution is -2.21. The second-order valence-corrected chi connectivity index (χ2v) is 4.07. The lowest BCUT2D eigenvalue weighted by atomic mass is 10.4. The molecule has 3 rings (SSSR count). The van der Waals surface area contributed by atoms with Crippen molar-refractivity contribution in [2.24, 2.45) is 0 Å². The van der Waals surface area contributed by atoms with Gasteiger partial charge in [0.25, 0.3) is 5.95 Å². The van der Waals surface area contributed by atoms with Crippen LogP contribution in [0.25, 0.3) is 5.95 Å². The molecular weight excluding hydrogens is 260 g/mol. The van der Waals surface area contributed by atoms with Gasteiger partial charge in [0.2, 0.25) is 11.9 Å². The SMILES string of the molecule is CN(Cc1ccco1)c1nc(N)nc(-n2cncn2)n1. The van der Waals surface area contributed by atoms with Crippen LogP contribution in [0, 0.1) is 0 Å². The normalized spacial score (nSPS) is 10.7. The number of rotatable bonds is 4. The first-order valence-electron chi connectivity index (χ1n) is 5.82. The molecule has 3 aromatic heterocycles. The molecule has 0 spiro atoms. The van der Waals surface area contributed by atoms with Crippen molar-refractivity contribution in [2.75, 3.05) is 17.7 Å². The van der Waals surface area contributed by atoms with Crippen LogP contribution in [-0.2, 0) is 6.54 Å². The Balaban J connectivity index is 1.89. The van der Waals surface area contributed by atoms with E-state index in [2.05, 4.69) is 25.0 Å². The van der Waals surface area contributed by atoms with E-state index in [0.717, 1.165) is 5.76 Å². The van der Waals surface area contributed by atoms with E-state index in [1.807, 2.05) is 19.2 Å². The van der Waals surface area contributed by atoms with Crippen LogP contribution in [0.4, 0.5) is 11.9 Å². The average molecular weight is 272 g/mol. The fraction of sp³-hybridized carbons (Fsp3) is 0.182. The summed E-state index contributed by atoms with van der Waals surface area (Å²) in [6.07, 6.45) is 4.50. The third kappa shape index (κ3) is 2.41. The Hall–Kier alpha value is -2.97. The fourth-order valence-corrected chi connectivity index (χ4v) is 1.66. The average Bonchev–Trinajstić information content (AvgIpc) is 3.11. The molecular formula is C11H12N8O. The number of aromatic nitrogens is 6. The maximum absolute atomic E-state index is 5.70. The van der Waals surface area contributed by atoms with Crippen molar-refractivity contribution < 1.29 is 4.42 Å². The van der Waals surface area contributed by atoms with Gasteiger partial charge in [0.1, 0.15) is 18.4 Å². The molecule has 0 aliphatic heterocycles. The van der Waals surface area contributed by atoms with Crippen LogP contribution in [0.15, 0.2) is 35.5 Å². The molecule has 0 aliphatic rings. The van der Waals surface area contributed by atoms with Crippen molar-refractivity contribution in [3.63, 3.8) is 0 Å². The van der Waals surface area contributed by atoms with E-state index in [9.17, 15) is 0 Å². The quantitative estimate of drug-likeness (QED) is 0.720. The largest absolute Gasteiger partial charge is 0.467 e. The Labute approximate surface area is 114 Å². The van der Waals surface area contributed by atoms with Gasteiger partial charge in [-0.25, -0.2) is 4.98 Å². The number of nitrogens with two attached hydrogens (primary N) is 1. The minimum Gasteiger partial charge on any atom is -0.467 e. The molecule has 9 heteroatoms. The minimum atomic E-state index is 0.117. The molecule has 0 amide bonds. The molecule has 0 aromatic carbocycles. The van der Waals surface area contributed by atoms with Crippen LogP contribution in [0.2, 0.25) is 0 Å². The molecule has 0 unspecified atom stereocenters. The zero-order valence-electron chi connectivity index (χ0n) is 10.7. The van der Waals surface area contributed by atoms with Gasteiger partial charge in [-0.15, -0.1) is 0 Å². The summed E-state index contributed by atoms with van der Waals surface area (Å²) in [6, 6.07) is 3.70. The molecule has 0 saturated carbocycles. The van der Waals surface area contributed by atoms with Gasteiger partial charge in [0.15, 0.2) is 0 Å². The Bertz CT molecular complexity index is 679. The fourth-order valence-electron chi connectivity index (χ4n) is 1.66. The number of furan rings is 1. The van der Waals surface area contributed by atoms with E-state index in [1.54, 1.807) is 11.2 Å². The molecule has 0 bridgehead atoms. The highest BCUT2D eigenvalue weighted by atomic mass is 16.3. The maximum atomic E-state index is 5.70. The summed E-state index contributed by atoms with van der Waals surface area (Å²) in [4.78, 5) is 18.1. The van der Waals surface area contributed by atoms with Gasteiger partial charge >= 0.3 is 0 Å². The topological polar surface area (TPSA) is 112 Å². The van der Waals surface area contributed by atoms with Crippen molar-refractivity contribution in [3.8, 4) is 5.95 Å². The first kappa shape index (κ1) is 12.1. The van der Waals surface area contributed by atoms with Crippen molar-refractivity contribution in [2.45, 2.75) is 6.54 Å². The van der Waals surface area contributed by atoms with Gasteiger partial charge < -0.3 is 15.1 Å². The van der Waals surface area contributed by atoms with E-state index >= 15 is 0 Å². The molecule has 20 heavy (non-hydrogen) atoms. The maximum Gasteiger partial charge on any atom is 0.258 e. The van der Waals surface area contributed by atoms with Crippen molar-refractivity contribution in [1.82, 2.24) is 29.7 Å². The van der Waals surface area contributed by atoms with Gasteiger partial charge in [-0.05, 0) is 12.1 Å². The Morgan fingerprint density at radius 3 is 2.95 bits per heavy atom. The summed E-state index contributed by atoms with van der Waals surface area (Å²) < 4.78 is 6.71. The molecule has 102 valence electrons. The highest BCUT2D eigenvalue weighted by Crippen LogP contribution is 2.13. The third-order valence-corrected chi connectivity index (χ3v) is 2.57. The minimum absolute atomic E-state index is 0.117. The first-order valence-corrected chi connectivity index (χ1v) is 5.82. The highest BCUT2D eigenvalue weighted by molar-refractivity contribution is 5.37. The second-order valence-electron chi connectivity index (χ2n) is 4.07. The molecule has 9 nitrogen and oxygen atoms in total. The number of hydrogen-bond acceptors (Lipinski definition) is 8.